The average Bonchev–Trinajstić information content (AvgIpc) is 3.07. The Morgan fingerprint density at radius 3 is 1.86 bits per heavy atom. The molecule has 4 nitrogen and oxygen atoms in total. The summed E-state index contributed by atoms with van der Waals surface area (Å²) in [4.78, 5) is 24.0. The van der Waals surface area contributed by atoms with Crippen molar-refractivity contribution < 1.29 is 14.3 Å². The molecule has 4 rings (SSSR count). The van der Waals surface area contributed by atoms with Crippen LogP contribution in [0, 0.1) is 11.8 Å². The van der Waals surface area contributed by atoms with Gasteiger partial charge in [-0.3, -0.25) is 9.59 Å². The molecule has 3 aliphatic rings. The van der Waals surface area contributed by atoms with Crippen LogP contribution in [-0.2, 0) is 9.59 Å². The first-order valence-corrected chi connectivity index (χ1v) is 11.2. The fourth-order valence-electron chi connectivity index (χ4n) is 4.28. The first kappa shape index (κ1) is 21.9. The Morgan fingerprint density at radius 1 is 0.931 bits per heavy atom. The second-order valence-corrected chi connectivity index (χ2v) is 10.6. The maximum Gasteiger partial charge on any atom is 0.240 e. The lowest BCUT2D eigenvalue weighted by atomic mass is 9.84. The molecule has 1 saturated carbocycles. The van der Waals surface area contributed by atoms with Gasteiger partial charge >= 0.3 is 0 Å². The third kappa shape index (κ3) is 2.54. The number of anilines is 1. The average molecular weight is 518 g/mol. The number of allylic oxidation sites excluding steroid dienone is 2. The van der Waals surface area contributed by atoms with Crippen LogP contribution < -0.4 is 9.64 Å². The Kier molecular flexibility index (Phi) is 5.34. The Bertz CT molecular complexity index is 886. The largest absolute Gasteiger partial charge is 0.494 e. The molecule has 0 aromatic heterocycles. The van der Waals surface area contributed by atoms with E-state index in [-0.39, 0.29) is 10.1 Å². The minimum absolute atomic E-state index is 0.107. The maximum atomic E-state index is 13.3. The van der Waals surface area contributed by atoms with E-state index >= 15 is 0 Å². The summed E-state index contributed by atoms with van der Waals surface area (Å²) >= 11 is 38.9. The van der Waals surface area contributed by atoms with Gasteiger partial charge in [-0.1, -0.05) is 59.7 Å². The number of carbonyl (C=O) groups excluding carboxylic acids is 2. The minimum atomic E-state index is -1.93. The lowest BCUT2D eigenvalue weighted by molar-refractivity contribution is -0.123. The number of benzene rings is 1. The molecule has 1 saturated heterocycles. The number of nitrogens with zero attached hydrogens (tertiary/aromatic N) is 1. The molecule has 0 N–H and O–H groups in total. The minimum Gasteiger partial charge on any atom is -0.494 e. The highest BCUT2D eigenvalue weighted by molar-refractivity contribution is 6.67. The molecular weight excluding hydrogens is 503 g/mol. The fraction of sp³-hybridized carbons (Fsp3) is 0.474. The van der Waals surface area contributed by atoms with Crippen molar-refractivity contribution in [1.29, 1.82) is 0 Å². The van der Waals surface area contributed by atoms with Crippen molar-refractivity contribution in [3.63, 3.8) is 0 Å². The number of imide groups is 1. The predicted molar refractivity (Wildman–Crippen MR) is 117 cm³/mol. The van der Waals surface area contributed by atoms with Gasteiger partial charge in [0.25, 0.3) is 0 Å². The van der Waals surface area contributed by atoms with E-state index in [2.05, 4.69) is 6.92 Å². The Morgan fingerprint density at radius 2 is 1.41 bits per heavy atom. The second-order valence-electron chi connectivity index (χ2n) is 7.29. The first-order valence-electron chi connectivity index (χ1n) is 8.97. The molecule has 4 atom stereocenters. The zero-order valence-corrected chi connectivity index (χ0v) is 19.6. The van der Waals surface area contributed by atoms with Gasteiger partial charge in [-0.15, -0.1) is 23.2 Å². The molecular formula is C19H15Cl6NO3. The van der Waals surface area contributed by atoms with Gasteiger partial charge in [-0.25, -0.2) is 4.90 Å². The van der Waals surface area contributed by atoms with E-state index in [1.807, 2.05) is 0 Å². The molecule has 1 aromatic rings. The van der Waals surface area contributed by atoms with Crippen molar-refractivity contribution >= 4 is 87.1 Å². The first-order chi connectivity index (χ1) is 13.5. The van der Waals surface area contributed by atoms with Gasteiger partial charge in [0.2, 0.25) is 11.8 Å². The fourth-order valence-corrected chi connectivity index (χ4v) is 7.20. The number of amides is 2. The van der Waals surface area contributed by atoms with Crippen LogP contribution in [0.3, 0.4) is 0 Å². The molecule has 0 unspecified atom stereocenters. The molecule has 156 valence electrons. The zero-order chi connectivity index (χ0) is 21.4. The van der Waals surface area contributed by atoms with Crippen LogP contribution in [0.25, 0.3) is 0 Å². The van der Waals surface area contributed by atoms with Crippen molar-refractivity contribution in [2.75, 3.05) is 11.5 Å². The van der Waals surface area contributed by atoms with E-state index in [4.69, 9.17) is 74.3 Å². The van der Waals surface area contributed by atoms with Crippen molar-refractivity contribution in [3.8, 4) is 5.75 Å². The number of halogens is 6. The number of fused-ring (bicyclic) bond motifs is 5. The van der Waals surface area contributed by atoms with E-state index < -0.39 is 37.7 Å². The standard InChI is InChI=1S/C19H15Cl6NO3/c1-2-3-8-29-10-6-4-9(5-7-10)26-15(27)11-12(16(26)28)18(23)14(21)13(20)17(11,22)19(18,24)25/h4-7,11-12H,2-3,8H2,1H3/t11-,12-,17+,18+/m1/s1. The molecule has 2 bridgehead atoms. The number of ether oxygens (including phenoxy) is 1. The molecule has 0 radical (unpaired) electrons. The monoisotopic (exact) mass is 515 g/mol. The van der Waals surface area contributed by atoms with Crippen molar-refractivity contribution in [2.45, 2.75) is 33.8 Å². The third-order valence-corrected chi connectivity index (χ3v) is 10.0. The summed E-state index contributed by atoms with van der Waals surface area (Å²) in [6.45, 7) is 2.65. The van der Waals surface area contributed by atoms with Gasteiger partial charge in [0, 0.05) is 0 Å². The van der Waals surface area contributed by atoms with Gasteiger partial charge in [-0.2, -0.15) is 0 Å². The molecule has 29 heavy (non-hydrogen) atoms. The summed E-state index contributed by atoms with van der Waals surface area (Å²) < 4.78 is 3.69. The SMILES string of the molecule is CCCCOc1ccc(N2C(=O)[C@H]3[C@H](C2=O)[C@]2(Cl)C(Cl)=C(Cl)[C@]3(Cl)C2(Cl)Cl)cc1. The van der Waals surface area contributed by atoms with Crippen LogP contribution in [0.2, 0.25) is 0 Å². The van der Waals surface area contributed by atoms with Gasteiger partial charge in [-0.05, 0) is 30.7 Å². The van der Waals surface area contributed by atoms with E-state index in [9.17, 15) is 9.59 Å². The van der Waals surface area contributed by atoms with Gasteiger partial charge < -0.3 is 4.74 Å². The Labute approximate surface area is 197 Å². The van der Waals surface area contributed by atoms with Gasteiger partial charge in [0.15, 0.2) is 4.33 Å². The summed E-state index contributed by atoms with van der Waals surface area (Å²) in [5, 5.41) is -0.213. The molecule has 2 amide bonds. The van der Waals surface area contributed by atoms with E-state index in [0.717, 1.165) is 17.7 Å². The number of rotatable bonds is 5. The van der Waals surface area contributed by atoms with Crippen molar-refractivity contribution in [3.05, 3.63) is 34.3 Å². The molecule has 0 spiro atoms. The lowest BCUT2D eigenvalue weighted by Gasteiger charge is -2.34. The van der Waals surface area contributed by atoms with E-state index in [1.165, 1.54) is 0 Å². The van der Waals surface area contributed by atoms with Crippen LogP contribution in [0.15, 0.2) is 34.3 Å². The third-order valence-electron chi connectivity index (χ3n) is 5.77. The van der Waals surface area contributed by atoms with Crippen molar-refractivity contribution in [2.24, 2.45) is 11.8 Å². The highest BCUT2D eigenvalue weighted by Crippen LogP contribution is 2.77. The summed E-state index contributed by atoms with van der Waals surface area (Å²) in [6, 6.07) is 6.61. The van der Waals surface area contributed by atoms with Crippen LogP contribution in [0.1, 0.15) is 19.8 Å². The lowest BCUT2D eigenvalue weighted by Crippen LogP contribution is -2.50. The molecule has 1 heterocycles. The summed E-state index contributed by atoms with van der Waals surface area (Å²) in [5.74, 6) is -2.80. The maximum absolute atomic E-state index is 13.3. The number of hydrogen-bond donors (Lipinski definition) is 0. The van der Waals surface area contributed by atoms with E-state index in [0.29, 0.717) is 18.0 Å². The summed E-state index contributed by atoms with van der Waals surface area (Å²) in [5.41, 5.74) is 0.360. The highest BCUT2D eigenvalue weighted by atomic mass is 35.5. The normalized spacial score (nSPS) is 34.9. The smallest absolute Gasteiger partial charge is 0.240 e. The molecule has 1 aromatic carbocycles. The molecule has 10 heteroatoms. The Hall–Kier alpha value is -0.360. The predicted octanol–water partition coefficient (Wildman–Crippen LogP) is 5.82. The summed E-state index contributed by atoms with van der Waals surface area (Å²) in [6.07, 6.45) is 1.94. The van der Waals surface area contributed by atoms with E-state index in [1.54, 1.807) is 24.3 Å². The second kappa shape index (κ2) is 7.08. The molecule has 2 fully saturated rings. The zero-order valence-electron chi connectivity index (χ0n) is 15.0. The Balaban J connectivity index is 1.69. The number of carbonyl (C=O) groups is 2. The summed E-state index contributed by atoms with van der Waals surface area (Å²) in [7, 11) is 0. The van der Waals surface area contributed by atoms with Crippen LogP contribution in [0.5, 0.6) is 5.75 Å². The van der Waals surface area contributed by atoms with Crippen molar-refractivity contribution in [1.82, 2.24) is 0 Å². The topological polar surface area (TPSA) is 46.6 Å². The molecule has 2 aliphatic carbocycles. The van der Waals surface area contributed by atoms with Crippen LogP contribution >= 0.6 is 69.6 Å². The van der Waals surface area contributed by atoms with Gasteiger partial charge in [0.05, 0.1) is 34.2 Å². The van der Waals surface area contributed by atoms with Crippen LogP contribution in [-0.4, -0.2) is 32.5 Å². The molecule has 1 aliphatic heterocycles. The van der Waals surface area contributed by atoms with Gasteiger partial charge in [0.1, 0.15) is 15.5 Å². The highest BCUT2D eigenvalue weighted by Gasteiger charge is 2.87. The number of hydrogen-bond acceptors (Lipinski definition) is 3. The van der Waals surface area contributed by atoms with Crippen LogP contribution in [0.4, 0.5) is 5.69 Å². The quantitative estimate of drug-likeness (QED) is 0.281. The number of alkyl halides is 4. The number of unbranched alkanes of at least 4 members (excludes halogenated alkanes) is 1.